The van der Waals surface area contributed by atoms with Gasteiger partial charge in [-0.25, -0.2) is 0 Å². The average Bonchev–Trinajstić information content (AvgIpc) is 3.65. The van der Waals surface area contributed by atoms with Crippen molar-refractivity contribution >= 4 is 35.4 Å². The first-order valence-corrected chi connectivity index (χ1v) is 17.0. The number of thioether (sulfide) groups is 1. The van der Waals surface area contributed by atoms with Crippen molar-refractivity contribution in [2.75, 3.05) is 38.3 Å². The van der Waals surface area contributed by atoms with E-state index in [1.807, 2.05) is 45.6 Å². The van der Waals surface area contributed by atoms with E-state index in [4.69, 9.17) is 0 Å². The van der Waals surface area contributed by atoms with Gasteiger partial charge < -0.3 is 20.0 Å². The summed E-state index contributed by atoms with van der Waals surface area (Å²) in [4.78, 5) is 62.0. The summed E-state index contributed by atoms with van der Waals surface area (Å²) in [6, 6.07) is -1.46. The van der Waals surface area contributed by atoms with Crippen molar-refractivity contribution in [1.29, 1.82) is 0 Å². The zero-order valence-corrected chi connectivity index (χ0v) is 28.3. The Morgan fingerprint density at radius 2 is 1.62 bits per heavy atom. The second-order valence-corrected chi connectivity index (χ2v) is 15.1. The molecule has 0 spiro atoms. The fourth-order valence-corrected chi connectivity index (χ4v) is 7.42. The molecular formula is C32H55N5O4S. The number of hydrogen-bond acceptors (Lipinski definition) is 6. The molecule has 3 aliphatic heterocycles. The van der Waals surface area contributed by atoms with E-state index in [-0.39, 0.29) is 47.7 Å². The predicted octanol–water partition coefficient (Wildman–Crippen LogP) is 3.73. The summed E-state index contributed by atoms with van der Waals surface area (Å²) in [5.41, 5.74) is 0.0285. The van der Waals surface area contributed by atoms with Gasteiger partial charge in [-0.3, -0.25) is 24.1 Å². The Balaban J connectivity index is 1.78. The number of likely N-dealkylation sites (tertiary alicyclic amines) is 2. The molecule has 3 rings (SSSR count). The number of rotatable bonds is 9. The number of nitrogens with zero attached hydrogens (tertiary/aromatic N) is 4. The van der Waals surface area contributed by atoms with Gasteiger partial charge in [0.15, 0.2) is 0 Å². The monoisotopic (exact) mass is 605 g/mol. The molecule has 10 heteroatoms. The molecule has 0 aromatic carbocycles. The second-order valence-electron chi connectivity index (χ2n) is 14.0. The van der Waals surface area contributed by atoms with Gasteiger partial charge in [0.25, 0.3) is 0 Å². The molecule has 0 bridgehead atoms. The minimum Gasteiger partial charge on any atom is -0.342 e. The SMILES string of the molecule is C/C(=C\C(C(C)C)N(C)C(=O)C(NC(=O)C1CCCCN1C(C)C)C(C)(C)C)C(=O)N1CCCC1C(=O)N1CCSC1. The number of carbonyl (C=O) groups is 4. The molecule has 238 valence electrons. The molecule has 3 aliphatic rings. The van der Waals surface area contributed by atoms with E-state index in [9.17, 15) is 19.2 Å². The van der Waals surface area contributed by atoms with Crippen LogP contribution in [0.3, 0.4) is 0 Å². The first kappa shape index (κ1) is 34.4. The Morgan fingerprint density at radius 1 is 0.952 bits per heavy atom. The maximum absolute atomic E-state index is 14.1. The zero-order valence-electron chi connectivity index (χ0n) is 27.4. The third kappa shape index (κ3) is 8.10. The Labute approximate surface area is 258 Å². The van der Waals surface area contributed by atoms with Crippen molar-refractivity contribution in [2.45, 2.75) is 118 Å². The van der Waals surface area contributed by atoms with Crippen molar-refractivity contribution in [3.63, 3.8) is 0 Å². The molecule has 0 radical (unpaired) electrons. The number of hydrogen-bond donors (Lipinski definition) is 1. The quantitative estimate of drug-likeness (QED) is 0.403. The van der Waals surface area contributed by atoms with Gasteiger partial charge in [0, 0.05) is 37.5 Å². The van der Waals surface area contributed by atoms with E-state index in [0.29, 0.717) is 24.4 Å². The molecule has 0 aromatic heterocycles. The molecule has 3 saturated heterocycles. The Bertz CT molecular complexity index is 1020. The Hall–Kier alpha value is -2.07. The summed E-state index contributed by atoms with van der Waals surface area (Å²) in [5.74, 6) is 1.31. The lowest BCUT2D eigenvalue weighted by Crippen LogP contribution is -2.60. The zero-order chi connectivity index (χ0) is 31.4. The summed E-state index contributed by atoms with van der Waals surface area (Å²) < 4.78 is 0. The third-order valence-electron chi connectivity index (χ3n) is 9.01. The van der Waals surface area contributed by atoms with Crippen molar-refractivity contribution in [1.82, 2.24) is 24.9 Å². The normalized spacial score (nSPS) is 23.8. The van der Waals surface area contributed by atoms with E-state index in [1.165, 1.54) is 0 Å². The highest BCUT2D eigenvalue weighted by molar-refractivity contribution is 7.99. The molecule has 9 nitrogen and oxygen atoms in total. The molecule has 0 aliphatic carbocycles. The number of amides is 4. The predicted molar refractivity (Wildman–Crippen MR) is 170 cm³/mol. The fourth-order valence-electron chi connectivity index (χ4n) is 6.46. The van der Waals surface area contributed by atoms with Gasteiger partial charge >= 0.3 is 0 Å². The topological polar surface area (TPSA) is 93.3 Å². The van der Waals surface area contributed by atoms with E-state index in [1.54, 1.807) is 35.5 Å². The van der Waals surface area contributed by atoms with Crippen molar-refractivity contribution < 1.29 is 19.2 Å². The van der Waals surface area contributed by atoms with E-state index >= 15 is 0 Å². The highest BCUT2D eigenvalue weighted by Gasteiger charge is 2.41. The standard InChI is InChI=1S/C32H55N5O4S/c1-21(2)26(19-23(5)29(39)37-16-12-14-25(37)30(40)35-17-18-42-20-35)34(9)31(41)27(32(6,7)8)33-28(38)24-13-10-11-15-36(24)22(3)4/h19,21-22,24-27H,10-18,20H2,1-9H3,(H,33,38)/b23-19+. The first-order chi connectivity index (χ1) is 19.6. The molecule has 0 aromatic rings. The van der Waals surface area contributed by atoms with Crippen molar-refractivity contribution in [3.05, 3.63) is 11.6 Å². The van der Waals surface area contributed by atoms with Gasteiger partial charge in [0.2, 0.25) is 23.6 Å². The van der Waals surface area contributed by atoms with Gasteiger partial charge in [-0.05, 0) is 64.3 Å². The molecular weight excluding hydrogens is 550 g/mol. The lowest BCUT2D eigenvalue weighted by Gasteiger charge is -2.41. The smallest absolute Gasteiger partial charge is 0.249 e. The van der Waals surface area contributed by atoms with E-state index < -0.39 is 17.5 Å². The third-order valence-corrected chi connectivity index (χ3v) is 9.97. The molecule has 4 unspecified atom stereocenters. The minimum atomic E-state index is -0.712. The van der Waals surface area contributed by atoms with Crippen LogP contribution in [0.15, 0.2) is 11.6 Å². The molecule has 4 amide bonds. The molecule has 3 fully saturated rings. The van der Waals surface area contributed by atoms with Crippen LogP contribution in [0.1, 0.15) is 87.5 Å². The highest BCUT2D eigenvalue weighted by atomic mass is 32.2. The van der Waals surface area contributed by atoms with Crippen LogP contribution < -0.4 is 5.32 Å². The van der Waals surface area contributed by atoms with Gasteiger partial charge in [0.05, 0.1) is 18.0 Å². The van der Waals surface area contributed by atoms with Gasteiger partial charge in [-0.15, -0.1) is 11.8 Å². The van der Waals surface area contributed by atoms with Gasteiger partial charge in [0.1, 0.15) is 12.1 Å². The van der Waals surface area contributed by atoms with Crippen LogP contribution in [0, 0.1) is 11.3 Å². The van der Waals surface area contributed by atoms with Crippen LogP contribution in [0.5, 0.6) is 0 Å². The summed E-state index contributed by atoms with van der Waals surface area (Å²) in [5, 5.41) is 3.14. The largest absolute Gasteiger partial charge is 0.342 e. The summed E-state index contributed by atoms with van der Waals surface area (Å²) >= 11 is 1.74. The molecule has 42 heavy (non-hydrogen) atoms. The molecule has 0 saturated carbocycles. The van der Waals surface area contributed by atoms with Crippen LogP contribution in [0.2, 0.25) is 0 Å². The van der Waals surface area contributed by atoms with E-state index in [2.05, 4.69) is 24.1 Å². The van der Waals surface area contributed by atoms with Crippen LogP contribution in [0.4, 0.5) is 0 Å². The maximum Gasteiger partial charge on any atom is 0.249 e. The fraction of sp³-hybridized carbons (Fsp3) is 0.812. The first-order valence-electron chi connectivity index (χ1n) is 15.8. The lowest BCUT2D eigenvalue weighted by atomic mass is 9.84. The average molecular weight is 606 g/mol. The van der Waals surface area contributed by atoms with Gasteiger partial charge in [-0.1, -0.05) is 47.1 Å². The number of carbonyl (C=O) groups excluding carboxylic acids is 4. The molecule has 4 atom stereocenters. The second kappa shape index (κ2) is 14.6. The number of nitrogens with one attached hydrogen (secondary N) is 1. The van der Waals surface area contributed by atoms with E-state index in [0.717, 1.165) is 44.5 Å². The van der Waals surface area contributed by atoms with Crippen LogP contribution >= 0.6 is 11.8 Å². The minimum absolute atomic E-state index is 0.0328. The maximum atomic E-state index is 14.1. The number of piperidine rings is 1. The van der Waals surface area contributed by atoms with Crippen LogP contribution in [-0.2, 0) is 19.2 Å². The van der Waals surface area contributed by atoms with Crippen molar-refractivity contribution in [2.24, 2.45) is 11.3 Å². The van der Waals surface area contributed by atoms with Crippen LogP contribution in [0.25, 0.3) is 0 Å². The Morgan fingerprint density at radius 3 is 2.19 bits per heavy atom. The van der Waals surface area contributed by atoms with Crippen LogP contribution in [-0.4, -0.2) is 112 Å². The number of likely N-dealkylation sites (N-methyl/N-ethyl adjacent to an activating group) is 1. The lowest BCUT2D eigenvalue weighted by molar-refractivity contribution is -0.142. The molecule has 3 heterocycles. The summed E-state index contributed by atoms with van der Waals surface area (Å²) in [7, 11) is 1.76. The highest BCUT2D eigenvalue weighted by Crippen LogP contribution is 2.28. The summed E-state index contributed by atoms with van der Waals surface area (Å²) in [6.45, 7) is 18.2. The Kier molecular flexibility index (Phi) is 12.0. The van der Waals surface area contributed by atoms with Gasteiger partial charge in [-0.2, -0.15) is 0 Å². The summed E-state index contributed by atoms with van der Waals surface area (Å²) in [6.07, 6.45) is 6.25. The van der Waals surface area contributed by atoms with Crippen molar-refractivity contribution in [3.8, 4) is 0 Å². The molecule has 1 N–H and O–H groups in total.